The molecule has 2 unspecified atom stereocenters. The molecule has 0 amide bonds. The summed E-state index contributed by atoms with van der Waals surface area (Å²) in [5.41, 5.74) is 2.50. The predicted octanol–water partition coefficient (Wildman–Crippen LogP) is 10.4. The molecule has 0 radical (unpaired) electrons. The Balaban J connectivity index is 0.000000222. The van der Waals surface area contributed by atoms with E-state index in [0.717, 1.165) is 33.9 Å². The smallest absolute Gasteiger partial charge is 0.326 e. The lowest BCUT2D eigenvalue weighted by Gasteiger charge is -2.25. The zero-order chi connectivity index (χ0) is 32.3. The topological polar surface area (TPSA) is 36.9 Å². The van der Waals surface area contributed by atoms with E-state index in [2.05, 4.69) is 77.9 Å². The molecule has 45 heavy (non-hydrogen) atoms. The quantitative estimate of drug-likeness (QED) is 0.151. The van der Waals surface area contributed by atoms with Crippen LogP contribution in [0.4, 0.5) is 0 Å². The summed E-state index contributed by atoms with van der Waals surface area (Å²) in [6, 6.07) is 44.4. The average molecular weight is 639 g/mol. The standard InChI is InChI=1S/C23H25O3P.C16H19OP/c1-23(2,3)21-15-8-9-16-22(21)26-27(20-13-6-5-7-14-20)25-19-12-10-11-18(17-19)24-4;1-16(2,3)14-11-7-8-12-15(14)17-18-13-9-5-4-6-10-13/h5-17H,1-4H3;4-12,18H,1-3H3. The third-order valence-electron chi connectivity index (χ3n) is 6.82. The highest BCUT2D eigenvalue weighted by molar-refractivity contribution is 7.56. The highest BCUT2D eigenvalue weighted by Gasteiger charge is 2.24. The lowest BCUT2D eigenvalue weighted by atomic mass is 9.86. The molecule has 0 heterocycles. The minimum absolute atomic E-state index is 0.0236. The van der Waals surface area contributed by atoms with Crippen LogP contribution in [0.5, 0.6) is 23.0 Å². The van der Waals surface area contributed by atoms with Gasteiger partial charge in [-0.2, -0.15) is 0 Å². The molecule has 5 aromatic carbocycles. The van der Waals surface area contributed by atoms with Gasteiger partial charge >= 0.3 is 8.38 Å². The van der Waals surface area contributed by atoms with E-state index in [4.69, 9.17) is 18.3 Å². The van der Waals surface area contributed by atoms with Crippen LogP contribution in [0.25, 0.3) is 0 Å². The molecule has 0 aliphatic heterocycles. The van der Waals surface area contributed by atoms with E-state index in [9.17, 15) is 0 Å². The molecule has 0 saturated heterocycles. The van der Waals surface area contributed by atoms with E-state index < -0.39 is 8.38 Å². The number of hydrogen-bond donors (Lipinski definition) is 0. The van der Waals surface area contributed by atoms with Gasteiger partial charge in [-0.15, -0.1) is 0 Å². The van der Waals surface area contributed by atoms with Crippen LogP contribution in [0, 0.1) is 0 Å². The van der Waals surface area contributed by atoms with Gasteiger partial charge in [-0.3, -0.25) is 0 Å². The Morgan fingerprint density at radius 2 is 1.02 bits per heavy atom. The number of benzene rings is 5. The molecular formula is C39H44O4P2. The molecule has 0 fully saturated rings. The Bertz CT molecular complexity index is 1610. The maximum atomic E-state index is 6.44. The number of para-hydroxylation sites is 2. The molecule has 0 N–H and O–H groups in total. The van der Waals surface area contributed by atoms with Crippen LogP contribution in [0.1, 0.15) is 52.7 Å². The molecule has 0 bridgehead atoms. The van der Waals surface area contributed by atoms with E-state index in [0.29, 0.717) is 8.81 Å². The van der Waals surface area contributed by atoms with Crippen molar-refractivity contribution in [1.29, 1.82) is 0 Å². The Morgan fingerprint density at radius 3 is 1.62 bits per heavy atom. The summed E-state index contributed by atoms with van der Waals surface area (Å²) in [6.07, 6.45) is 0. The van der Waals surface area contributed by atoms with Gasteiger partial charge in [0.15, 0.2) is 0 Å². The summed E-state index contributed by atoms with van der Waals surface area (Å²) in [5, 5.41) is 2.24. The van der Waals surface area contributed by atoms with E-state index >= 15 is 0 Å². The van der Waals surface area contributed by atoms with Crippen molar-refractivity contribution in [2.75, 3.05) is 7.11 Å². The van der Waals surface area contributed by atoms with E-state index in [1.807, 2.05) is 97.1 Å². The first-order valence-corrected chi connectivity index (χ1v) is 17.2. The first kappa shape index (κ1) is 34.0. The predicted molar refractivity (Wildman–Crippen MR) is 193 cm³/mol. The maximum Gasteiger partial charge on any atom is 0.326 e. The molecule has 5 aromatic rings. The van der Waals surface area contributed by atoms with Crippen LogP contribution in [0.15, 0.2) is 133 Å². The van der Waals surface area contributed by atoms with Crippen LogP contribution in [0.3, 0.4) is 0 Å². The molecule has 6 heteroatoms. The van der Waals surface area contributed by atoms with Gasteiger partial charge in [0, 0.05) is 11.4 Å². The highest BCUT2D eigenvalue weighted by Crippen LogP contribution is 2.43. The third kappa shape index (κ3) is 10.4. The summed E-state index contributed by atoms with van der Waals surface area (Å²) in [5.74, 6) is 3.32. The number of hydrogen-bond acceptors (Lipinski definition) is 4. The Labute approximate surface area is 272 Å². The molecule has 5 rings (SSSR count). The average Bonchev–Trinajstić information content (AvgIpc) is 3.04. The normalized spacial score (nSPS) is 12.2. The van der Waals surface area contributed by atoms with E-state index in [1.165, 1.54) is 10.9 Å². The second-order valence-electron chi connectivity index (χ2n) is 12.5. The van der Waals surface area contributed by atoms with Gasteiger partial charge in [-0.05, 0) is 58.4 Å². The number of methoxy groups -OCH3 is 1. The van der Waals surface area contributed by atoms with E-state index in [1.54, 1.807) is 7.11 Å². The molecule has 234 valence electrons. The van der Waals surface area contributed by atoms with Crippen molar-refractivity contribution in [3.8, 4) is 23.0 Å². The zero-order valence-electron chi connectivity index (χ0n) is 27.3. The molecule has 4 nitrogen and oxygen atoms in total. The second kappa shape index (κ2) is 15.9. The highest BCUT2D eigenvalue weighted by atomic mass is 31.2. The number of rotatable bonds is 9. The SMILES string of the molecule is CC(C)(C)c1ccccc1OPc1ccccc1.COc1cccc(OP(Oc2ccccc2C(C)(C)C)c2ccccc2)c1. The van der Waals surface area contributed by atoms with Crippen LogP contribution in [0.2, 0.25) is 0 Å². The van der Waals surface area contributed by atoms with Crippen LogP contribution < -0.4 is 28.9 Å². The first-order valence-electron chi connectivity index (χ1n) is 15.1. The van der Waals surface area contributed by atoms with Gasteiger partial charge < -0.3 is 18.3 Å². The monoisotopic (exact) mass is 638 g/mol. The van der Waals surface area contributed by atoms with Crippen molar-refractivity contribution < 1.29 is 18.3 Å². The second-order valence-corrected chi connectivity index (χ2v) is 14.9. The van der Waals surface area contributed by atoms with Crippen molar-refractivity contribution in [3.63, 3.8) is 0 Å². The van der Waals surface area contributed by atoms with Crippen molar-refractivity contribution >= 4 is 27.8 Å². The molecule has 0 aliphatic rings. The third-order valence-corrected chi connectivity index (χ3v) is 9.17. The fraction of sp³-hybridized carbons (Fsp3) is 0.231. The van der Waals surface area contributed by atoms with Crippen LogP contribution in [-0.2, 0) is 10.8 Å². The van der Waals surface area contributed by atoms with Crippen molar-refractivity contribution in [3.05, 3.63) is 145 Å². The van der Waals surface area contributed by atoms with Crippen LogP contribution in [-0.4, -0.2) is 7.11 Å². The first-order chi connectivity index (χ1) is 21.5. The van der Waals surface area contributed by atoms with E-state index in [-0.39, 0.29) is 10.8 Å². The van der Waals surface area contributed by atoms with Gasteiger partial charge in [-0.25, -0.2) is 0 Å². The lowest BCUT2D eigenvalue weighted by Crippen LogP contribution is -2.15. The Kier molecular flexibility index (Phi) is 12.1. The minimum atomic E-state index is -1.34. The summed E-state index contributed by atoms with van der Waals surface area (Å²) >= 11 is 0. The van der Waals surface area contributed by atoms with Crippen molar-refractivity contribution in [2.45, 2.75) is 52.4 Å². The van der Waals surface area contributed by atoms with Crippen molar-refractivity contribution in [1.82, 2.24) is 0 Å². The van der Waals surface area contributed by atoms with Gasteiger partial charge in [0.25, 0.3) is 0 Å². The van der Waals surface area contributed by atoms with Gasteiger partial charge in [0.05, 0.1) is 12.4 Å². The molecule has 0 saturated carbocycles. The Hall–Kier alpha value is -3.84. The summed E-state index contributed by atoms with van der Waals surface area (Å²) < 4.78 is 24.0. The van der Waals surface area contributed by atoms with Crippen molar-refractivity contribution in [2.24, 2.45) is 0 Å². The van der Waals surface area contributed by atoms with Gasteiger partial charge in [-0.1, -0.05) is 133 Å². The maximum absolute atomic E-state index is 6.44. The lowest BCUT2D eigenvalue weighted by molar-refractivity contribution is 0.411. The Morgan fingerprint density at radius 1 is 0.511 bits per heavy atom. The summed E-state index contributed by atoms with van der Waals surface area (Å²) in [7, 11) is 0.661. The largest absolute Gasteiger partial charge is 0.497 e. The summed E-state index contributed by atoms with van der Waals surface area (Å²) in [6.45, 7) is 13.2. The minimum Gasteiger partial charge on any atom is -0.497 e. The van der Waals surface area contributed by atoms with Gasteiger partial charge in [0.2, 0.25) is 0 Å². The molecule has 0 spiro atoms. The molecule has 0 aromatic heterocycles. The fourth-order valence-corrected chi connectivity index (χ4v) is 6.52. The zero-order valence-corrected chi connectivity index (χ0v) is 29.2. The number of ether oxygens (including phenoxy) is 1. The molecular weight excluding hydrogens is 594 g/mol. The van der Waals surface area contributed by atoms with Gasteiger partial charge in [0.1, 0.15) is 31.8 Å². The summed E-state index contributed by atoms with van der Waals surface area (Å²) in [4.78, 5) is 0. The molecule has 0 aliphatic carbocycles. The van der Waals surface area contributed by atoms with Crippen LogP contribution >= 0.6 is 17.2 Å². The fourth-order valence-electron chi connectivity index (χ4n) is 4.48. The molecule has 2 atom stereocenters.